The second kappa shape index (κ2) is 8.75. The van der Waals surface area contributed by atoms with Crippen molar-refractivity contribution < 1.29 is 4.39 Å². The molecule has 19 heavy (non-hydrogen) atoms. The number of rotatable bonds is 3. The zero-order valence-electron chi connectivity index (χ0n) is 11.5. The number of alkyl halides is 1. The summed E-state index contributed by atoms with van der Waals surface area (Å²) in [5, 5.41) is 3.31. The van der Waals surface area contributed by atoms with Gasteiger partial charge < -0.3 is 5.32 Å². The predicted molar refractivity (Wildman–Crippen MR) is 83.6 cm³/mol. The first-order valence-electron chi connectivity index (χ1n) is 6.31. The zero-order valence-corrected chi connectivity index (χ0v) is 13.1. The molecular weight excluding hydrogens is 286 g/mol. The van der Waals surface area contributed by atoms with Crippen molar-refractivity contribution >= 4 is 24.8 Å². The van der Waals surface area contributed by atoms with Gasteiger partial charge in [0.2, 0.25) is 0 Å². The summed E-state index contributed by atoms with van der Waals surface area (Å²) in [4.78, 5) is 2.25. The molecule has 1 aromatic carbocycles. The van der Waals surface area contributed by atoms with Gasteiger partial charge in [-0.25, -0.2) is 4.39 Å². The monoisotopic (exact) mass is 308 g/mol. The highest BCUT2D eigenvalue weighted by Crippen LogP contribution is 2.26. The van der Waals surface area contributed by atoms with Gasteiger partial charge in [-0.2, -0.15) is 0 Å². The third kappa shape index (κ3) is 4.32. The molecular formula is C14H23Cl2FN2. The van der Waals surface area contributed by atoms with Crippen molar-refractivity contribution in [2.24, 2.45) is 0 Å². The average molecular weight is 309 g/mol. The third-order valence-corrected chi connectivity index (χ3v) is 3.74. The highest BCUT2D eigenvalue weighted by molar-refractivity contribution is 5.85. The Morgan fingerprint density at radius 3 is 2.42 bits per heavy atom. The summed E-state index contributed by atoms with van der Waals surface area (Å²) >= 11 is 0. The maximum Gasteiger partial charge on any atom is 0.109 e. The molecule has 0 radical (unpaired) electrons. The van der Waals surface area contributed by atoms with Gasteiger partial charge in [-0.15, -0.1) is 24.8 Å². The first kappa shape index (κ1) is 18.7. The minimum Gasteiger partial charge on any atom is -0.314 e. The summed E-state index contributed by atoms with van der Waals surface area (Å²) < 4.78 is 13.4. The van der Waals surface area contributed by atoms with E-state index in [1.165, 1.54) is 11.1 Å². The van der Waals surface area contributed by atoms with Crippen molar-refractivity contribution in [1.82, 2.24) is 10.2 Å². The number of piperazine rings is 1. The van der Waals surface area contributed by atoms with Gasteiger partial charge in [-0.05, 0) is 30.5 Å². The first-order valence-corrected chi connectivity index (χ1v) is 6.31. The van der Waals surface area contributed by atoms with E-state index in [1.807, 2.05) is 6.07 Å². The molecule has 1 aliphatic heterocycles. The van der Waals surface area contributed by atoms with Crippen LogP contribution >= 0.6 is 24.8 Å². The van der Waals surface area contributed by atoms with Crippen LogP contribution in [-0.2, 0) is 0 Å². The normalized spacial score (nSPS) is 17.2. The van der Waals surface area contributed by atoms with Gasteiger partial charge in [0, 0.05) is 26.2 Å². The van der Waals surface area contributed by atoms with Crippen LogP contribution in [0, 0.1) is 13.8 Å². The van der Waals surface area contributed by atoms with Crippen molar-refractivity contribution in [2.75, 3.05) is 32.9 Å². The molecule has 1 atom stereocenters. The van der Waals surface area contributed by atoms with Crippen LogP contribution < -0.4 is 5.32 Å². The fourth-order valence-corrected chi connectivity index (χ4v) is 2.51. The van der Waals surface area contributed by atoms with Gasteiger partial charge >= 0.3 is 0 Å². The molecule has 0 amide bonds. The summed E-state index contributed by atoms with van der Waals surface area (Å²) in [6.45, 7) is 7.67. The highest BCUT2D eigenvalue weighted by atomic mass is 35.5. The van der Waals surface area contributed by atoms with Crippen LogP contribution in [0.25, 0.3) is 0 Å². The minimum absolute atomic E-state index is 0. The van der Waals surface area contributed by atoms with Gasteiger partial charge in [0.05, 0.1) is 6.04 Å². The van der Waals surface area contributed by atoms with Crippen molar-refractivity contribution in [3.05, 3.63) is 34.9 Å². The molecule has 1 aromatic rings. The lowest BCUT2D eigenvalue weighted by molar-refractivity contribution is 0.147. The van der Waals surface area contributed by atoms with Gasteiger partial charge in [-0.1, -0.05) is 18.2 Å². The smallest absolute Gasteiger partial charge is 0.109 e. The molecule has 0 aromatic heterocycles. The van der Waals surface area contributed by atoms with Gasteiger partial charge in [0.25, 0.3) is 0 Å². The topological polar surface area (TPSA) is 15.3 Å². The number of hydrogen-bond donors (Lipinski definition) is 1. The fraction of sp³-hybridized carbons (Fsp3) is 0.571. The largest absolute Gasteiger partial charge is 0.314 e. The van der Waals surface area contributed by atoms with Crippen LogP contribution in [-0.4, -0.2) is 37.8 Å². The molecule has 0 aliphatic carbocycles. The van der Waals surface area contributed by atoms with E-state index >= 15 is 0 Å². The summed E-state index contributed by atoms with van der Waals surface area (Å²) in [6, 6.07) is 6.11. The van der Waals surface area contributed by atoms with E-state index < -0.39 is 0 Å². The number of nitrogens with zero attached hydrogens (tertiary/aromatic N) is 1. The van der Waals surface area contributed by atoms with Crippen molar-refractivity contribution in [2.45, 2.75) is 19.9 Å². The SMILES string of the molecule is Cc1cccc([C@@H](CF)N2CCNCC2)c1C.Cl.Cl. The summed E-state index contributed by atoms with van der Waals surface area (Å²) in [5.41, 5.74) is 3.62. The van der Waals surface area contributed by atoms with Crippen molar-refractivity contribution in [3.63, 3.8) is 0 Å². The van der Waals surface area contributed by atoms with Gasteiger partial charge in [0.15, 0.2) is 0 Å². The van der Waals surface area contributed by atoms with E-state index in [9.17, 15) is 4.39 Å². The van der Waals surface area contributed by atoms with E-state index in [4.69, 9.17) is 0 Å². The Morgan fingerprint density at radius 2 is 1.84 bits per heavy atom. The summed E-state index contributed by atoms with van der Waals surface area (Å²) in [6.07, 6.45) is 0. The number of halogens is 3. The molecule has 0 bridgehead atoms. The van der Waals surface area contributed by atoms with Crippen LogP contribution in [0.15, 0.2) is 18.2 Å². The Labute approximate surface area is 127 Å². The van der Waals surface area contributed by atoms with Crippen molar-refractivity contribution in [1.29, 1.82) is 0 Å². The van der Waals surface area contributed by atoms with Crippen LogP contribution in [0.3, 0.4) is 0 Å². The number of hydrogen-bond acceptors (Lipinski definition) is 2. The van der Waals surface area contributed by atoms with E-state index in [0.29, 0.717) is 0 Å². The van der Waals surface area contributed by atoms with Crippen molar-refractivity contribution in [3.8, 4) is 0 Å². The Balaban J connectivity index is 0.00000162. The molecule has 0 unspecified atom stereocenters. The predicted octanol–water partition coefficient (Wildman–Crippen LogP) is 3.06. The third-order valence-electron chi connectivity index (χ3n) is 3.74. The van der Waals surface area contributed by atoms with Gasteiger partial charge in [0.1, 0.15) is 6.67 Å². The van der Waals surface area contributed by atoms with E-state index in [0.717, 1.165) is 31.7 Å². The molecule has 2 nitrogen and oxygen atoms in total. The maximum atomic E-state index is 13.4. The molecule has 2 rings (SSSR count). The van der Waals surface area contributed by atoms with Crippen LogP contribution in [0.4, 0.5) is 4.39 Å². The highest BCUT2D eigenvalue weighted by Gasteiger charge is 2.23. The van der Waals surface area contributed by atoms with E-state index in [1.54, 1.807) is 0 Å². The lowest BCUT2D eigenvalue weighted by atomic mass is 9.97. The molecule has 5 heteroatoms. The maximum absolute atomic E-state index is 13.4. The lowest BCUT2D eigenvalue weighted by Gasteiger charge is -2.34. The average Bonchev–Trinajstić information content (AvgIpc) is 2.37. The van der Waals surface area contributed by atoms with Crippen LogP contribution in [0.2, 0.25) is 0 Å². The Morgan fingerprint density at radius 1 is 1.21 bits per heavy atom. The molecule has 1 aliphatic rings. The first-order chi connectivity index (χ1) is 8.24. The lowest BCUT2D eigenvalue weighted by Crippen LogP contribution is -2.45. The number of aryl methyl sites for hydroxylation is 1. The molecule has 1 fully saturated rings. The fourth-order valence-electron chi connectivity index (χ4n) is 2.51. The second-order valence-electron chi connectivity index (χ2n) is 4.75. The zero-order chi connectivity index (χ0) is 12.3. The summed E-state index contributed by atoms with van der Waals surface area (Å²) in [7, 11) is 0. The van der Waals surface area contributed by atoms with Crippen LogP contribution in [0.1, 0.15) is 22.7 Å². The molecule has 0 spiro atoms. The van der Waals surface area contributed by atoms with Crippen LogP contribution in [0.5, 0.6) is 0 Å². The molecule has 1 N–H and O–H groups in total. The molecule has 1 heterocycles. The number of nitrogens with one attached hydrogen (secondary N) is 1. The Hall–Kier alpha value is -0.350. The Bertz CT molecular complexity index is 382. The molecule has 1 saturated heterocycles. The summed E-state index contributed by atoms with van der Waals surface area (Å²) in [5.74, 6) is 0. The quantitative estimate of drug-likeness (QED) is 0.923. The molecule has 0 saturated carbocycles. The molecule has 110 valence electrons. The number of benzene rings is 1. The Kier molecular flexibility index (Phi) is 8.59. The van der Waals surface area contributed by atoms with E-state index in [2.05, 4.69) is 36.2 Å². The minimum atomic E-state index is -0.301. The standard InChI is InChI=1S/C14H21FN2.2ClH/c1-11-4-3-5-13(12(11)2)14(10-15)17-8-6-16-7-9-17;;/h3-5,14,16H,6-10H2,1-2H3;2*1H/t14-;;/m1../s1. The van der Waals surface area contributed by atoms with E-state index in [-0.39, 0.29) is 37.5 Å². The van der Waals surface area contributed by atoms with Gasteiger partial charge in [-0.3, -0.25) is 4.90 Å². The second-order valence-corrected chi connectivity index (χ2v) is 4.75.